The molecule has 1 fully saturated rings. The number of hydrogen-bond donors (Lipinski definition) is 1. The van der Waals surface area contributed by atoms with Crippen LogP contribution in [-0.4, -0.2) is 29.1 Å². The third-order valence-corrected chi connectivity index (χ3v) is 4.75. The van der Waals surface area contributed by atoms with Crippen molar-refractivity contribution in [3.8, 4) is 11.5 Å². The second kappa shape index (κ2) is 7.49. The highest BCUT2D eigenvalue weighted by Gasteiger charge is 2.27. The minimum absolute atomic E-state index is 0.193. The number of piperidine rings is 1. The van der Waals surface area contributed by atoms with Gasteiger partial charge in [0, 0.05) is 6.04 Å². The molecule has 1 heterocycles. The average Bonchev–Trinajstić information content (AvgIpc) is 2.62. The smallest absolute Gasteiger partial charge is 0.306 e. The zero-order valence-electron chi connectivity index (χ0n) is 13.9. The summed E-state index contributed by atoms with van der Waals surface area (Å²) < 4.78 is 5.91. The van der Waals surface area contributed by atoms with Gasteiger partial charge in [0.05, 0.1) is 5.92 Å². The molecule has 1 unspecified atom stereocenters. The van der Waals surface area contributed by atoms with E-state index < -0.39 is 5.97 Å². The standard InChI is InChI=1S/C20H23NO3/c1-15(21-12-10-16(11-13-21)20(22)23)17-6-5-9-19(14-17)24-18-7-3-2-4-8-18/h2-9,14-16H,10-13H2,1H3,(H,22,23). The van der Waals surface area contributed by atoms with Crippen LogP contribution < -0.4 is 4.74 Å². The fourth-order valence-electron chi connectivity index (χ4n) is 3.21. The van der Waals surface area contributed by atoms with E-state index in [-0.39, 0.29) is 12.0 Å². The van der Waals surface area contributed by atoms with Crippen LogP contribution in [0.5, 0.6) is 11.5 Å². The lowest BCUT2D eigenvalue weighted by molar-refractivity contribution is -0.143. The van der Waals surface area contributed by atoms with Gasteiger partial charge in [-0.05, 0) is 62.7 Å². The zero-order chi connectivity index (χ0) is 16.9. The zero-order valence-corrected chi connectivity index (χ0v) is 13.9. The molecule has 1 N–H and O–H groups in total. The first-order valence-electron chi connectivity index (χ1n) is 8.43. The Morgan fingerprint density at radius 2 is 1.75 bits per heavy atom. The van der Waals surface area contributed by atoms with Crippen LogP contribution in [-0.2, 0) is 4.79 Å². The summed E-state index contributed by atoms with van der Waals surface area (Å²) >= 11 is 0. The number of ether oxygens (including phenoxy) is 1. The van der Waals surface area contributed by atoms with Crippen molar-refractivity contribution < 1.29 is 14.6 Å². The second-order valence-corrected chi connectivity index (χ2v) is 6.31. The number of rotatable bonds is 5. The Morgan fingerprint density at radius 1 is 1.08 bits per heavy atom. The fraction of sp³-hybridized carbons (Fsp3) is 0.350. The van der Waals surface area contributed by atoms with Gasteiger partial charge in [-0.1, -0.05) is 30.3 Å². The molecule has 0 aliphatic carbocycles. The summed E-state index contributed by atoms with van der Waals surface area (Å²) in [6.07, 6.45) is 1.44. The average molecular weight is 325 g/mol. The Balaban J connectivity index is 1.66. The summed E-state index contributed by atoms with van der Waals surface area (Å²) in [7, 11) is 0. The molecule has 0 radical (unpaired) electrons. The third-order valence-electron chi connectivity index (χ3n) is 4.75. The molecule has 2 aromatic rings. The van der Waals surface area contributed by atoms with E-state index in [1.54, 1.807) is 0 Å². The van der Waals surface area contributed by atoms with Crippen LogP contribution in [0.4, 0.5) is 0 Å². The lowest BCUT2D eigenvalue weighted by atomic mass is 9.95. The van der Waals surface area contributed by atoms with Gasteiger partial charge in [0.25, 0.3) is 0 Å². The number of nitrogens with zero attached hydrogens (tertiary/aromatic N) is 1. The van der Waals surface area contributed by atoms with Crippen LogP contribution in [0.3, 0.4) is 0 Å². The van der Waals surface area contributed by atoms with Gasteiger partial charge in [-0.2, -0.15) is 0 Å². The number of carbonyl (C=O) groups is 1. The van der Waals surface area contributed by atoms with Gasteiger partial charge in [-0.25, -0.2) is 0 Å². The first kappa shape index (κ1) is 16.5. The highest BCUT2D eigenvalue weighted by atomic mass is 16.5. The molecule has 1 atom stereocenters. The van der Waals surface area contributed by atoms with E-state index in [4.69, 9.17) is 9.84 Å². The van der Waals surface area contributed by atoms with E-state index in [0.717, 1.165) is 37.4 Å². The quantitative estimate of drug-likeness (QED) is 0.888. The topological polar surface area (TPSA) is 49.8 Å². The molecule has 1 aliphatic rings. The monoisotopic (exact) mass is 325 g/mol. The Labute approximate surface area is 142 Å². The van der Waals surface area contributed by atoms with Gasteiger partial charge in [-0.15, -0.1) is 0 Å². The molecule has 0 spiro atoms. The fourth-order valence-corrected chi connectivity index (χ4v) is 3.21. The first-order chi connectivity index (χ1) is 11.6. The minimum Gasteiger partial charge on any atom is -0.481 e. The van der Waals surface area contributed by atoms with Crippen LogP contribution >= 0.6 is 0 Å². The first-order valence-corrected chi connectivity index (χ1v) is 8.43. The number of benzene rings is 2. The molecular formula is C20H23NO3. The molecule has 1 aliphatic heterocycles. The van der Waals surface area contributed by atoms with E-state index in [0.29, 0.717) is 0 Å². The molecule has 0 aromatic heterocycles. The minimum atomic E-state index is -0.666. The Morgan fingerprint density at radius 3 is 2.42 bits per heavy atom. The van der Waals surface area contributed by atoms with Crippen molar-refractivity contribution in [1.29, 1.82) is 0 Å². The van der Waals surface area contributed by atoms with Crippen molar-refractivity contribution in [3.63, 3.8) is 0 Å². The number of hydrogen-bond acceptors (Lipinski definition) is 3. The molecule has 4 nitrogen and oxygen atoms in total. The van der Waals surface area contributed by atoms with E-state index in [9.17, 15) is 4.79 Å². The molecule has 4 heteroatoms. The SMILES string of the molecule is CC(c1cccc(Oc2ccccc2)c1)N1CCC(C(=O)O)CC1. The van der Waals surface area contributed by atoms with Gasteiger partial charge >= 0.3 is 5.97 Å². The molecule has 126 valence electrons. The highest BCUT2D eigenvalue weighted by molar-refractivity contribution is 5.70. The number of carboxylic acids is 1. The van der Waals surface area contributed by atoms with Gasteiger partial charge < -0.3 is 9.84 Å². The highest BCUT2D eigenvalue weighted by Crippen LogP contribution is 2.30. The van der Waals surface area contributed by atoms with Crippen molar-refractivity contribution in [1.82, 2.24) is 4.90 Å². The van der Waals surface area contributed by atoms with Crippen molar-refractivity contribution in [3.05, 3.63) is 60.2 Å². The predicted octanol–water partition coefficient (Wildman–Crippen LogP) is 4.34. The normalized spacial score (nSPS) is 17.4. The predicted molar refractivity (Wildman–Crippen MR) is 93.3 cm³/mol. The lowest BCUT2D eigenvalue weighted by Gasteiger charge is -2.35. The largest absolute Gasteiger partial charge is 0.481 e. The maximum absolute atomic E-state index is 11.1. The second-order valence-electron chi connectivity index (χ2n) is 6.31. The number of likely N-dealkylation sites (tertiary alicyclic amines) is 1. The van der Waals surface area contributed by atoms with E-state index in [1.807, 2.05) is 42.5 Å². The Kier molecular flexibility index (Phi) is 5.16. The number of para-hydroxylation sites is 1. The molecule has 0 amide bonds. The van der Waals surface area contributed by atoms with Crippen LogP contribution in [0.15, 0.2) is 54.6 Å². The Bertz CT molecular complexity index is 678. The summed E-state index contributed by atoms with van der Waals surface area (Å²) in [5.41, 5.74) is 1.19. The number of carboxylic acid groups (broad SMARTS) is 1. The lowest BCUT2D eigenvalue weighted by Crippen LogP contribution is -2.37. The molecular weight excluding hydrogens is 302 g/mol. The maximum Gasteiger partial charge on any atom is 0.306 e. The summed E-state index contributed by atoms with van der Waals surface area (Å²) in [6, 6.07) is 18.1. The summed E-state index contributed by atoms with van der Waals surface area (Å²) in [5.74, 6) is 0.789. The summed E-state index contributed by atoms with van der Waals surface area (Å²) in [5, 5.41) is 9.12. The number of aliphatic carboxylic acids is 1. The molecule has 24 heavy (non-hydrogen) atoms. The third kappa shape index (κ3) is 3.95. The van der Waals surface area contributed by atoms with Crippen LogP contribution in [0, 0.1) is 5.92 Å². The van der Waals surface area contributed by atoms with Crippen molar-refractivity contribution in [2.24, 2.45) is 5.92 Å². The van der Waals surface area contributed by atoms with Crippen LogP contribution in [0.25, 0.3) is 0 Å². The van der Waals surface area contributed by atoms with Crippen LogP contribution in [0.1, 0.15) is 31.4 Å². The summed E-state index contributed by atoms with van der Waals surface area (Å²) in [4.78, 5) is 13.4. The van der Waals surface area contributed by atoms with Gasteiger partial charge in [0.15, 0.2) is 0 Å². The molecule has 0 bridgehead atoms. The van der Waals surface area contributed by atoms with Gasteiger partial charge in [0.1, 0.15) is 11.5 Å². The van der Waals surface area contributed by atoms with E-state index >= 15 is 0 Å². The summed E-state index contributed by atoms with van der Waals surface area (Å²) in [6.45, 7) is 3.81. The van der Waals surface area contributed by atoms with E-state index in [1.165, 1.54) is 5.56 Å². The molecule has 3 rings (SSSR count). The van der Waals surface area contributed by atoms with Crippen molar-refractivity contribution in [2.45, 2.75) is 25.8 Å². The van der Waals surface area contributed by atoms with Gasteiger partial charge in [0.2, 0.25) is 0 Å². The van der Waals surface area contributed by atoms with Crippen LogP contribution in [0.2, 0.25) is 0 Å². The Hall–Kier alpha value is -2.33. The molecule has 2 aromatic carbocycles. The van der Waals surface area contributed by atoms with Crippen molar-refractivity contribution >= 4 is 5.97 Å². The van der Waals surface area contributed by atoms with Crippen molar-refractivity contribution in [2.75, 3.05) is 13.1 Å². The molecule has 1 saturated heterocycles. The van der Waals surface area contributed by atoms with E-state index in [2.05, 4.69) is 24.0 Å². The van der Waals surface area contributed by atoms with Gasteiger partial charge in [-0.3, -0.25) is 9.69 Å². The molecule has 0 saturated carbocycles. The maximum atomic E-state index is 11.1.